The lowest BCUT2D eigenvalue weighted by atomic mass is 10.2. The second kappa shape index (κ2) is 5.01. The molecule has 2 atom stereocenters. The topological polar surface area (TPSA) is 54.9 Å². The van der Waals surface area contributed by atoms with Gasteiger partial charge in [-0.1, -0.05) is 11.6 Å². The minimum atomic E-state index is -1.12. The summed E-state index contributed by atoms with van der Waals surface area (Å²) >= 11 is 5.67. The summed E-state index contributed by atoms with van der Waals surface area (Å²) < 4.78 is 12.0. The normalized spacial score (nSPS) is 23.7. The monoisotopic (exact) mass is 245 g/mol. The van der Waals surface area contributed by atoms with Gasteiger partial charge in [-0.2, -0.15) is 0 Å². The summed E-state index contributed by atoms with van der Waals surface area (Å²) in [4.78, 5) is 7.96. The highest BCUT2D eigenvalue weighted by Crippen LogP contribution is 2.14. The highest BCUT2D eigenvalue weighted by atomic mass is 35.5. The third kappa shape index (κ3) is 2.74. The Morgan fingerprint density at radius 2 is 2.20 bits per heavy atom. The molecule has 1 aromatic rings. The molecule has 0 unspecified atom stereocenters. The van der Waals surface area contributed by atoms with Crippen molar-refractivity contribution in [1.82, 2.24) is 15.3 Å². The molecular formula is C9H12ClN3OS. The number of nitrogens with one attached hydrogen (secondary N) is 1. The smallest absolute Gasteiger partial charge is 0.218 e. The molecular weight excluding hydrogens is 234 g/mol. The van der Waals surface area contributed by atoms with E-state index in [1.165, 1.54) is 12.4 Å². The van der Waals surface area contributed by atoms with Gasteiger partial charge in [0.25, 0.3) is 0 Å². The Morgan fingerprint density at radius 3 is 2.80 bits per heavy atom. The molecule has 1 aromatic heterocycles. The van der Waals surface area contributed by atoms with Crippen LogP contribution in [-0.2, 0) is 10.8 Å². The number of hydrogen-bond donors (Lipinski definition) is 1. The lowest BCUT2D eigenvalue weighted by Crippen LogP contribution is -2.36. The molecule has 15 heavy (non-hydrogen) atoms. The zero-order chi connectivity index (χ0) is 10.7. The molecule has 1 saturated heterocycles. The largest absolute Gasteiger partial charge is 0.316 e. The first kappa shape index (κ1) is 11.0. The molecule has 0 bridgehead atoms. The molecule has 0 aromatic carbocycles. The quantitative estimate of drug-likeness (QED) is 0.790. The summed E-state index contributed by atoms with van der Waals surface area (Å²) in [5, 5.41) is 4.20. The maximum absolute atomic E-state index is 12.0. The van der Waals surface area contributed by atoms with Crippen LogP contribution in [-0.4, -0.2) is 32.5 Å². The van der Waals surface area contributed by atoms with Crippen LogP contribution in [0, 0.1) is 0 Å². The predicted molar refractivity (Wildman–Crippen MR) is 59.3 cm³/mol. The van der Waals surface area contributed by atoms with Crippen LogP contribution in [0.3, 0.4) is 0 Å². The first-order chi connectivity index (χ1) is 7.27. The average Bonchev–Trinajstić information content (AvgIpc) is 2.30. The van der Waals surface area contributed by atoms with Gasteiger partial charge in [0.1, 0.15) is 0 Å². The first-order valence-corrected chi connectivity index (χ1v) is 6.45. The van der Waals surface area contributed by atoms with E-state index in [4.69, 9.17) is 11.6 Å². The lowest BCUT2D eigenvalue weighted by molar-refractivity contribution is 0.518. The molecule has 4 nitrogen and oxygen atoms in total. The summed E-state index contributed by atoms with van der Waals surface area (Å²) in [5.41, 5.74) is 0. The van der Waals surface area contributed by atoms with Crippen molar-refractivity contribution in [3.8, 4) is 0 Å². The van der Waals surface area contributed by atoms with Gasteiger partial charge in [-0.15, -0.1) is 0 Å². The van der Waals surface area contributed by atoms with Crippen LogP contribution in [0.25, 0.3) is 0 Å². The fourth-order valence-corrected chi connectivity index (χ4v) is 2.91. The first-order valence-electron chi connectivity index (χ1n) is 4.86. The molecule has 1 aliphatic heterocycles. The molecule has 6 heteroatoms. The number of aromatic nitrogens is 2. The van der Waals surface area contributed by atoms with Crippen LogP contribution >= 0.6 is 11.6 Å². The van der Waals surface area contributed by atoms with Gasteiger partial charge in [-0.05, 0) is 19.4 Å². The minimum Gasteiger partial charge on any atom is -0.316 e. The molecule has 0 spiro atoms. The highest BCUT2D eigenvalue weighted by Gasteiger charge is 2.22. The molecule has 0 amide bonds. The van der Waals surface area contributed by atoms with Gasteiger partial charge in [-0.3, -0.25) is 4.21 Å². The molecule has 0 saturated carbocycles. The van der Waals surface area contributed by atoms with Gasteiger partial charge in [-0.25, -0.2) is 9.97 Å². The Bertz CT molecular complexity index is 351. The van der Waals surface area contributed by atoms with Crippen molar-refractivity contribution >= 4 is 22.4 Å². The van der Waals surface area contributed by atoms with Crippen LogP contribution in [0.4, 0.5) is 0 Å². The van der Waals surface area contributed by atoms with Crippen molar-refractivity contribution in [2.24, 2.45) is 0 Å². The van der Waals surface area contributed by atoms with E-state index in [9.17, 15) is 4.21 Å². The van der Waals surface area contributed by atoms with Gasteiger partial charge < -0.3 is 5.32 Å². The maximum atomic E-state index is 12.0. The number of hydrogen-bond acceptors (Lipinski definition) is 4. The molecule has 1 fully saturated rings. The van der Waals surface area contributed by atoms with Crippen molar-refractivity contribution in [2.45, 2.75) is 23.2 Å². The second-order valence-electron chi connectivity index (χ2n) is 3.45. The maximum Gasteiger partial charge on any atom is 0.218 e. The Hall–Kier alpha value is -0.520. The highest BCUT2D eigenvalue weighted by molar-refractivity contribution is 7.85. The van der Waals surface area contributed by atoms with Crippen LogP contribution in [0.2, 0.25) is 5.02 Å². The summed E-state index contributed by atoms with van der Waals surface area (Å²) in [6, 6.07) is 0. The van der Waals surface area contributed by atoms with E-state index >= 15 is 0 Å². The molecule has 2 heterocycles. The van der Waals surface area contributed by atoms with E-state index in [0.717, 1.165) is 25.9 Å². The van der Waals surface area contributed by atoms with Crippen LogP contribution in [0.1, 0.15) is 12.8 Å². The van der Waals surface area contributed by atoms with Crippen molar-refractivity contribution in [2.75, 3.05) is 13.1 Å². The number of nitrogens with zero attached hydrogens (tertiary/aromatic N) is 2. The van der Waals surface area contributed by atoms with Gasteiger partial charge in [0.15, 0.2) is 0 Å². The predicted octanol–water partition coefficient (Wildman–Crippen LogP) is 0.990. The molecule has 1 N–H and O–H groups in total. The summed E-state index contributed by atoms with van der Waals surface area (Å²) in [5.74, 6) is 0. The Labute approximate surface area is 95.9 Å². The molecule has 1 aliphatic rings. The average molecular weight is 246 g/mol. The number of piperidine rings is 1. The Balaban J connectivity index is 2.09. The van der Waals surface area contributed by atoms with Crippen molar-refractivity contribution < 1.29 is 4.21 Å². The lowest BCUT2D eigenvalue weighted by Gasteiger charge is -2.20. The fraction of sp³-hybridized carbons (Fsp3) is 0.556. The van der Waals surface area contributed by atoms with Crippen molar-refractivity contribution in [1.29, 1.82) is 0 Å². The Kier molecular flexibility index (Phi) is 3.66. The van der Waals surface area contributed by atoms with Gasteiger partial charge in [0, 0.05) is 6.54 Å². The fourth-order valence-electron chi connectivity index (χ4n) is 1.56. The Morgan fingerprint density at radius 1 is 1.47 bits per heavy atom. The van der Waals surface area contributed by atoms with E-state index in [0.29, 0.717) is 10.2 Å². The van der Waals surface area contributed by atoms with E-state index < -0.39 is 10.8 Å². The second-order valence-corrected chi connectivity index (χ2v) is 5.51. The SMILES string of the molecule is O=[S@](c1ncc(Cl)cn1)[C@@H]1CCCNC1. The van der Waals surface area contributed by atoms with Crippen LogP contribution < -0.4 is 5.32 Å². The zero-order valence-electron chi connectivity index (χ0n) is 8.15. The van der Waals surface area contributed by atoms with Gasteiger partial charge in [0.05, 0.1) is 33.5 Å². The molecule has 0 radical (unpaired) electrons. The van der Waals surface area contributed by atoms with E-state index in [2.05, 4.69) is 15.3 Å². The summed E-state index contributed by atoms with van der Waals surface area (Å²) in [7, 11) is -1.12. The molecule has 82 valence electrons. The van der Waals surface area contributed by atoms with Crippen LogP contribution in [0.5, 0.6) is 0 Å². The van der Waals surface area contributed by atoms with Crippen LogP contribution in [0.15, 0.2) is 17.6 Å². The van der Waals surface area contributed by atoms with E-state index in [-0.39, 0.29) is 5.25 Å². The van der Waals surface area contributed by atoms with E-state index in [1.807, 2.05) is 0 Å². The third-order valence-corrected chi connectivity index (χ3v) is 4.10. The molecule has 0 aliphatic carbocycles. The van der Waals surface area contributed by atoms with Gasteiger partial charge >= 0.3 is 0 Å². The van der Waals surface area contributed by atoms with Crippen molar-refractivity contribution in [3.63, 3.8) is 0 Å². The molecule has 2 rings (SSSR count). The third-order valence-electron chi connectivity index (χ3n) is 2.33. The number of halogens is 1. The van der Waals surface area contributed by atoms with Crippen molar-refractivity contribution in [3.05, 3.63) is 17.4 Å². The summed E-state index contributed by atoms with van der Waals surface area (Å²) in [6.07, 6.45) is 4.99. The summed E-state index contributed by atoms with van der Waals surface area (Å²) in [6.45, 7) is 1.79. The van der Waals surface area contributed by atoms with Gasteiger partial charge in [0.2, 0.25) is 5.16 Å². The zero-order valence-corrected chi connectivity index (χ0v) is 9.72. The number of rotatable bonds is 2. The minimum absolute atomic E-state index is 0.125. The standard InChI is InChI=1S/C9H12ClN3OS/c10-7-4-12-9(13-5-7)15(14)8-2-1-3-11-6-8/h4-5,8,11H,1-3,6H2/t8-,15+/m1/s1. The van der Waals surface area contributed by atoms with E-state index in [1.54, 1.807) is 0 Å².